The highest BCUT2D eigenvalue weighted by molar-refractivity contribution is 5.77. The highest BCUT2D eigenvalue weighted by Gasteiger charge is 2.12. The predicted molar refractivity (Wildman–Crippen MR) is 110 cm³/mol. The molecule has 0 amide bonds. The molecule has 0 saturated carbocycles. The van der Waals surface area contributed by atoms with Gasteiger partial charge in [-0.05, 0) is 55.2 Å². The highest BCUT2D eigenvalue weighted by Crippen LogP contribution is 2.22. The van der Waals surface area contributed by atoms with Crippen molar-refractivity contribution in [1.82, 2.24) is 19.5 Å². The quantitative estimate of drug-likeness (QED) is 0.546. The number of hydrogen-bond acceptors (Lipinski definition) is 4. The van der Waals surface area contributed by atoms with Gasteiger partial charge in [0, 0.05) is 11.4 Å². The van der Waals surface area contributed by atoms with E-state index in [1.807, 2.05) is 17.8 Å². The largest absolute Gasteiger partial charge is 0.324 e. The molecule has 4 rings (SSSR count). The number of anilines is 2. The fourth-order valence-electron chi connectivity index (χ4n) is 3.13. The average Bonchev–Trinajstić information content (AvgIpc) is 3.13. The van der Waals surface area contributed by atoms with Gasteiger partial charge in [-0.15, -0.1) is 0 Å². The van der Waals surface area contributed by atoms with Crippen molar-refractivity contribution in [3.63, 3.8) is 0 Å². The van der Waals surface area contributed by atoms with E-state index in [2.05, 4.69) is 77.7 Å². The van der Waals surface area contributed by atoms with Crippen LogP contribution in [0.4, 0.5) is 11.6 Å². The lowest BCUT2D eigenvalue weighted by Gasteiger charge is -2.09. The maximum Gasteiger partial charge on any atom is 0.229 e. The number of fused-ring (bicyclic) bond motifs is 1. The zero-order valence-electron chi connectivity index (χ0n) is 15.9. The molecule has 5 heteroatoms. The third-order valence-corrected chi connectivity index (χ3v) is 4.81. The summed E-state index contributed by atoms with van der Waals surface area (Å²) in [5, 5.41) is 3.31. The summed E-state index contributed by atoms with van der Waals surface area (Å²) in [6.45, 7) is 6.27. The summed E-state index contributed by atoms with van der Waals surface area (Å²) in [7, 11) is 0. The van der Waals surface area contributed by atoms with Gasteiger partial charge in [0.25, 0.3) is 0 Å². The van der Waals surface area contributed by atoms with Crippen LogP contribution in [0, 0.1) is 6.92 Å². The molecule has 0 fully saturated rings. The van der Waals surface area contributed by atoms with Crippen molar-refractivity contribution in [3.05, 3.63) is 71.7 Å². The van der Waals surface area contributed by atoms with Crippen LogP contribution >= 0.6 is 0 Å². The lowest BCUT2D eigenvalue weighted by molar-refractivity contribution is 1.05. The van der Waals surface area contributed by atoms with Gasteiger partial charge in [0.2, 0.25) is 5.95 Å². The molecule has 0 atom stereocenters. The molecule has 0 spiro atoms. The molecule has 27 heavy (non-hydrogen) atoms. The van der Waals surface area contributed by atoms with Crippen LogP contribution in [0.25, 0.3) is 16.9 Å². The Bertz CT molecular complexity index is 1060. The SMILES string of the molecule is CCc1ccc(Nc2nc(C)c3ncn(-c4ccc(CC)cc4)c3n2)cc1. The van der Waals surface area contributed by atoms with Gasteiger partial charge < -0.3 is 5.32 Å². The van der Waals surface area contributed by atoms with Crippen LogP contribution in [0.2, 0.25) is 0 Å². The van der Waals surface area contributed by atoms with Crippen molar-refractivity contribution < 1.29 is 0 Å². The van der Waals surface area contributed by atoms with Gasteiger partial charge >= 0.3 is 0 Å². The van der Waals surface area contributed by atoms with E-state index in [1.54, 1.807) is 0 Å². The predicted octanol–water partition coefficient (Wildman–Crippen LogP) is 4.99. The van der Waals surface area contributed by atoms with E-state index in [9.17, 15) is 0 Å². The van der Waals surface area contributed by atoms with Crippen LogP contribution < -0.4 is 5.32 Å². The number of aromatic nitrogens is 4. The molecule has 2 aromatic heterocycles. The van der Waals surface area contributed by atoms with Crippen molar-refractivity contribution in [2.24, 2.45) is 0 Å². The van der Waals surface area contributed by atoms with Crippen LogP contribution in [0.15, 0.2) is 54.9 Å². The Morgan fingerprint density at radius 1 is 0.852 bits per heavy atom. The topological polar surface area (TPSA) is 55.6 Å². The molecule has 0 aliphatic rings. The van der Waals surface area contributed by atoms with E-state index < -0.39 is 0 Å². The first kappa shape index (κ1) is 17.2. The molecule has 2 heterocycles. The molecule has 5 nitrogen and oxygen atoms in total. The lowest BCUT2D eigenvalue weighted by atomic mass is 10.1. The smallest absolute Gasteiger partial charge is 0.229 e. The van der Waals surface area contributed by atoms with Gasteiger partial charge in [0.1, 0.15) is 11.8 Å². The van der Waals surface area contributed by atoms with Gasteiger partial charge in [-0.3, -0.25) is 4.57 Å². The summed E-state index contributed by atoms with van der Waals surface area (Å²) < 4.78 is 2.01. The molecular weight excluding hydrogens is 334 g/mol. The summed E-state index contributed by atoms with van der Waals surface area (Å²) in [6.07, 6.45) is 3.86. The summed E-state index contributed by atoms with van der Waals surface area (Å²) in [5.74, 6) is 0.580. The molecular formula is C22H23N5. The maximum atomic E-state index is 4.73. The third-order valence-electron chi connectivity index (χ3n) is 4.81. The summed E-state index contributed by atoms with van der Waals surface area (Å²) in [6, 6.07) is 16.8. The molecule has 4 aromatic rings. The third kappa shape index (κ3) is 3.40. The minimum atomic E-state index is 0.580. The van der Waals surface area contributed by atoms with Gasteiger partial charge in [0.15, 0.2) is 5.65 Å². The molecule has 0 bridgehead atoms. The number of imidazole rings is 1. The average molecular weight is 357 g/mol. The molecule has 1 N–H and O–H groups in total. The second-order valence-electron chi connectivity index (χ2n) is 6.61. The van der Waals surface area contributed by atoms with E-state index in [1.165, 1.54) is 11.1 Å². The van der Waals surface area contributed by atoms with Gasteiger partial charge in [0.05, 0.1) is 5.69 Å². The van der Waals surface area contributed by atoms with E-state index in [-0.39, 0.29) is 0 Å². The van der Waals surface area contributed by atoms with Crippen LogP contribution in [0.1, 0.15) is 30.7 Å². The van der Waals surface area contributed by atoms with Gasteiger partial charge in [-0.1, -0.05) is 38.1 Å². The molecule has 0 saturated heterocycles. The van der Waals surface area contributed by atoms with E-state index in [4.69, 9.17) is 4.98 Å². The summed E-state index contributed by atoms with van der Waals surface area (Å²) in [4.78, 5) is 13.8. The van der Waals surface area contributed by atoms with E-state index >= 15 is 0 Å². The van der Waals surface area contributed by atoms with Gasteiger partial charge in [-0.2, -0.15) is 4.98 Å². The minimum absolute atomic E-state index is 0.580. The van der Waals surface area contributed by atoms with Crippen molar-refractivity contribution in [3.8, 4) is 5.69 Å². The van der Waals surface area contributed by atoms with E-state index in [0.29, 0.717) is 5.95 Å². The van der Waals surface area contributed by atoms with Crippen LogP contribution in [0.5, 0.6) is 0 Å². The molecule has 136 valence electrons. The fraction of sp³-hybridized carbons (Fsp3) is 0.227. The normalized spacial score (nSPS) is 11.1. The zero-order valence-corrected chi connectivity index (χ0v) is 15.9. The lowest BCUT2D eigenvalue weighted by Crippen LogP contribution is -2.02. The monoisotopic (exact) mass is 357 g/mol. The second kappa shape index (κ2) is 7.19. The van der Waals surface area contributed by atoms with Crippen molar-refractivity contribution in [1.29, 1.82) is 0 Å². The molecule has 0 aliphatic heterocycles. The highest BCUT2D eigenvalue weighted by atomic mass is 15.2. The first-order valence-electron chi connectivity index (χ1n) is 9.35. The Balaban J connectivity index is 1.72. The van der Waals surface area contributed by atoms with E-state index in [0.717, 1.165) is 41.1 Å². The number of nitrogens with one attached hydrogen (secondary N) is 1. The van der Waals surface area contributed by atoms with Crippen LogP contribution in [0.3, 0.4) is 0 Å². The Kier molecular flexibility index (Phi) is 4.59. The molecule has 0 radical (unpaired) electrons. The summed E-state index contributed by atoms with van der Waals surface area (Å²) in [5.41, 5.74) is 7.13. The Morgan fingerprint density at radius 2 is 1.48 bits per heavy atom. The number of aryl methyl sites for hydroxylation is 3. The maximum absolute atomic E-state index is 4.73. The Hall–Kier alpha value is -3.21. The zero-order chi connectivity index (χ0) is 18.8. The number of benzene rings is 2. The molecule has 0 unspecified atom stereocenters. The van der Waals surface area contributed by atoms with Gasteiger partial charge in [-0.25, -0.2) is 9.97 Å². The second-order valence-corrected chi connectivity index (χ2v) is 6.61. The van der Waals surface area contributed by atoms with Crippen molar-refractivity contribution >= 4 is 22.8 Å². The van der Waals surface area contributed by atoms with Crippen LogP contribution in [-0.2, 0) is 12.8 Å². The first-order chi connectivity index (χ1) is 13.2. The molecule has 0 aliphatic carbocycles. The fourth-order valence-corrected chi connectivity index (χ4v) is 3.13. The standard InChI is InChI=1S/C22H23N5/c1-4-16-6-10-18(11-7-16)25-22-24-15(3)20-21(26-22)27(14-23-20)19-12-8-17(5-2)9-13-19/h6-14H,4-5H2,1-3H3,(H,24,25,26). The van der Waals surface area contributed by atoms with Crippen molar-refractivity contribution in [2.45, 2.75) is 33.6 Å². The summed E-state index contributed by atoms with van der Waals surface area (Å²) >= 11 is 0. The molecule has 2 aromatic carbocycles. The Labute approximate surface area is 159 Å². The first-order valence-corrected chi connectivity index (χ1v) is 9.35. The number of nitrogens with zero attached hydrogens (tertiary/aromatic N) is 4. The minimum Gasteiger partial charge on any atom is -0.324 e. The number of rotatable bonds is 5. The number of hydrogen-bond donors (Lipinski definition) is 1. The van der Waals surface area contributed by atoms with Crippen molar-refractivity contribution in [2.75, 3.05) is 5.32 Å². The van der Waals surface area contributed by atoms with Crippen LogP contribution in [-0.4, -0.2) is 19.5 Å². The Morgan fingerprint density at radius 3 is 2.11 bits per heavy atom.